The second kappa shape index (κ2) is 13.9. The number of nitrogens with zero attached hydrogens (tertiary/aromatic N) is 6. The maximum absolute atomic E-state index is 14.8. The summed E-state index contributed by atoms with van der Waals surface area (Å²) in [4.78, 5) is 33.3. The molecule has 16 heteroatoms. The van der Waals surface area contributed by atoms with Gasteiger partial charge in [-0.25, -0.2) is 19.0 Å². The Morgan fingerprint density at radius 1 is 1.14 bits per heavy atom. The van der Waals surface area contributed by atoms with Gasteiger partial charge in [0.2, 0.25) is 5.95 Å². The molecule has 4 aromatic heterocycles. The van der Waals surface area contributed by atoms with Crippen LogP contribution in [0.5, 0.6) is 0 Å². The Morgan fingerprint density at radius 2 is 1.89 bits per heavy atom. The number of aromatic nitrogens is 6. The van der Waals surface area contributed by atoms with Crippen LogP contribution < -0.4 is 11.1 Å². The predicted molar refractivity (Wildman–Crippen MR) is 161 cm³/mol. The second-order valence-corrected chi connectivity index (χ2v) is 11.6. The Morgan fingerprint density at radius 3 is 2.59 bits per heavy atom. The lowest BCUT2D eigenvalue weighted by molar-refractivity contribution is -0.153. The third-order valence-electron chi connectivity index (χ3n) is 6.91. The Labute approximate surface area is 262 Å². The number of rotatable bonds is 10. The molecule has 0 aliphatic heterocycles. The summed E-state index contributed by atoms with van der Waals surface area (Å²) in [6.07, 6.45) is 8.19. The van der Waals surface area contributed by atoms with Gasteiger partial charge in [-0.1, -0.05) is 0 Å². The summed E-state index contributed by atoms with van der Waals surface area (Å²) in [5, 5.41) is 13.5. The summed E-state index contributed by atoms with van der Waals surface area (Å²) in [7, 11) is 0. The van der Waals surface area contributed by atoms with E-state index in [0.717, 1.165) is 37.8 Å². The summed E-state index contributed by atoms with van der Waals surface area (Å²) in [6.45, 7) is 5.55. The zero-order chi connectivity index (χ0) is 30.7. The lowest BCUT2D eigenvalue weighted by Gasteiger charge is -2.28. The molecule has 5 rings (SSSR count). The fourth-order valence-electron chi connectivity index (χ4n) is 4.69. The van der Waals surface area contributed by atoms with Gasteiger partial charge < -0.3 is 20.5 Å². The van der Waals surface area contributed by atoms with Crippen LogP contribution in [0.2, 0.25) is 0 Å². The van der Waals surface area contributed by atoms with Crippen LogP contribution in [-0.4, -0.2) is 59.7 Å². The van der Waals surface area contributed by atoms with Crippen LogP contribution in [0.4, 0.5) is 14.5 Å². The molecule has 236 valence electrons. The van der Waals surface area contributed by atoms with Crippen molar-refractivity contribution in [3.8, 4) is 22.0 Å². The van der Waals surface area contributed by atoms with Gasteiger partial charge in [0.05, 0.1) is 24.0 Å². The van der Waals surface area contributed by atoms with E-state index in [1.807, 2.05) is 6.92 Å². The molecule has 1 fully saturated rings. The van der Waals surface area contributed by atoms with E-state index in [-0.39, 0.29) is 54.1 Å². The first-order valence-electron chi connectivity index (χ1n) is 13.8. The largest absolute Gasteiger partial charge is 0.441 e. The first kappa shape index (κ1) is 33.1. The van der Waals surface area contributed by atoms with Crippen LogP contribution in [-0.2, 0) is 21.0 Å². The normalized spacial score (nSPS) is 16.8. The zero-order valence-corrected chi connectivity index (χ0v) is 26.0. The smallest absolute Gasteiger partial charge is 0.327 e. The average Bonchev–Trinajstić information content (AvgIpc) is 3.73. The highest BCUT2D eigenvalue weighted by molar-refractivity contribution is 7.13. The molecule has 0 spiro atoms. The van der Waals surface area contributed by atoms with Crippen molar-refractivity contribution in [1.29, 1.82) is 0 Å². The quantitative estimate of drug-likeness (QED) is 0.179. The van der Waals surface area contributed by atoms with Crippen molar-refractivity contribution in [2.24, 2.45) is 5.73 Å². The highest BCUT2D eigenvalue weighted by Crippen LogP contribution is 2.34. The van der Waals surface area contributed by atoms with Crippen LogP contribution in [0, 0.1) is 11.8 Å². The van der Waals surface area contributed by atoms with Gasteiger partial charge in [0.25, 0.3) is 5.91 Å². The molecule has 0 unspecified atom stereocenters. The maximum Gasteiger partial charge on any atom is 0.327 e. The molecule has 0 bridgehead atoms. The number of carbonyl (C=O) groups is 2. The van der Waals surface area contributed by atoms with Crippen LogP contribution in [0.3, 0.4) is 0 Å². The Balaban J connectivity index is 0.00000442. The third-order valence-corrected chi connectivity index (χ3v) is 7.80. The number of hydrogen-bond donors (Lipinski definition) is 2. The molecule has 1 saturated carbocycles. The molecule has 3 N–H and O–H groups in total. The average molecular weight is 651 g/mol. The number of ether oxygens (including phenoxy) is 2. The highest BCUT2D eigenvalue weighted by Gasteiger charge is 2.27. The topological polar surface area (TPSA) is 152 Å². The monoisotopic (exact) mass is 650 g/mol. The van der Waals surface area contributed by atoms with E-state index in [1.54, 1.807) is 36.3 Å². The number of hydrogen-bond acceptors (Lipinski definition) is 10. The number of carbonyl (C=O) groups excluding carboxylic acids is 2. The molecule has 0 atom stereocenters. The number of halogens is 3. The van der Waals surface area contributed by atoms with Crippen molar-refractivity contribution in [1.82, 2.24) is 29.5 Å². The van der Waals surface area contributed by atoms with E-state index in [9.17, 15) is 18.4 Å². The van der Waals surface area contributed by atoms with E-state index >= 15 is 0 Å². The van der Waals surface area contributed by atoms with Crippen molar-refractivity contribution >= 4 is 41.3 Å². The van der Waals surface area contributed by atoms with Gasteiger partial charge in [-0.05, 0) is 58.6 Å². The van der Waals surface area contributed by atoms with Crippen molar-refractivity contribution in [3.63, 3.8) is 0 Å². The molecular weight excluding hydrogens is 618 g/mol. The minimum atomic E-state index is -1.14. The molecule has 1 amide bonds. The molecule has 4 heterocycles. The molecule has 4 aromatic rings. The first-order chi connectivity index (χ1) is 20.5. The van der Waals surface area contributed by atoms with Crippen molar-refractivity contribution < 1.29 is 27.8 Å². The van der Waals surface area contributed by atoms with Gasteiger partial charge in [0.1, 0.15) is 27.6 Å². The fraction of sp³-hybridized carbons (Fsp3) is 0.429. The summed E-state index contributed by atoms with van der Waals surface area (Å²) in [5.41, 5.74) is 5.21. The van der Waals surface area contributed by atoms with Crippen molar-refractivity contribution in [2.75, 3.05) is 11.9 Å². The van der Waals surface area contributed by atoms with Crippen LogP contribution in [0.25, 0.3) is 22.0 Å². The standard InChI is InChI=1S/C28H32F2N8O4S.ClH/c1-4-41-18-7-5-17(6-8-18)38-13-20(24(36-38)23-19(29)9-10-22(30)35-23)33-25(39)21-14-43-26(34-21)16-11-32-37(12-16)15-42-27(40)28(2,3)31;/h9-14,17-18H,4-8,15,31H2,1-3H3,(H,33,39);1H. The highest BCUT2D eigenvalue weighted by atomic mass is 35.5. The number of nitrogens with two attached hydrogens (primary N) is 1. The van der Waals surface area contributed by atoms with Gasteiger partial charge in [-0.2, -0.15) is 14.6 Å². The van der Waals surface area contributed by atoms with E-state index in [1.165, 1.54) is 22.2 Å². The van der Waals surface area contributed by atoms with Gasteiger partial charge in [0.15, 0.2) is 12.5 Å². The lowest BCUT2D eigenvalue weighted by atomic mass is 9.93. The van der Waals surface area contributed by atoms with Gasteiger partial charge in [-0.3, -0.25) is 14.3 Å². The minimum absolute atomic E-state index is 0. The van der Waals surface area contributed by atoms with Crippen LogP contribution >= 0.6 is 23.7 Å². The molecule has 1 aliphatic rings. The van der Waals surface area contributed by atoms with Crippen LogP contribution in [0.1, 0.15) is 63.0 Å². The van der Waals surface area contributed by atoms with Gasteiger partial charge in [0, 0.05) is 29.9 Å². The maximum atomic E-state index is 14.8. The molecule has 12 nitrogen and oxygen atoms in total. The second-order valence-electron chi connectivity index (χ2n) is 10.8. The van der Waals surface area contributed by atoms with E-state index < -0.39 is 29.2 Å². The predicted octanol–water partition coefficient (Wildman–Crippen LogP) is 4.98. The summed E-state index contributed by atoms with van der Waals surface area (Å²) >= 11 is 1.21. The Kier molecular flexibility index (Phi) is 10.4. The Hall–Kier alpha value is -3.79. The SMILES string of the molecule is CCOC1CCC(n2cc(NC(=O)c3csc(-c4cnn(COC(=O)C(C)(C)N)c4)n3)c(-c3nc(F)ccc3F)n2)CC1.Cl. The summed E-state index contributed by atoms with van der Waals surface area (Å²) in [6, 6.07) is 1.89. The molecule has 0 aromatic carbocycles. The molecule has 1 aliphatic carbocycles. The molecule has 44 heavy (non-hydrogen) atoms. The Bertz CT molecular complexity index is 1610. The first-order valence-corrected chi connectivity index (χ1v) is 14.7. The van der Waals surface area contributed by atoms with Crippen molar-refractivity contribution in [2.45, 2.75) is 70.9 Å². The summed E-state index contributed by atoms with van der Waals surface area (Å²) in [5.74, 6) is -2.78. The minimum Gasteiger partial charge on any atom is -0.441 e. The van der Waals surface area contributed by atoms with Gasteiger partial charge in [-0.15, -0.1) is 23.7 Å². The van der Waals surface area contributed by atoms with E-state index in [4.69, 9.17) is 15.2 Å². The number of amides is 1. The lowest BCUT2D eigenvalue weighted by Crippen LogP contribution is -2.43. The number of thiazole rings is 1. The third kappa shape index (κ3) is 7.64. The van der Waals surface area contributed by atoms with Crippen LogP contribution in [0.15, 0.2) is 36.1 Å². The van der Waals surface area contributed by atoms with E-state index in [2.05, 4.69) is 25.5 Å². The zero-order valence-electron chi connectivity index (χ0n) is 24.3. The van der Waals surface area contributed by atoms with Crippen molar-refractivity contribution in [3.05, 3.63) is 53.6 Å². The number of anilines is 1. The number of pyridine rings is 1. The number of nitrogens with one attached hydrogen (secondary N) is 1. The van der Waals surface area contributed by atoms with E-state index in [0.29, 0.717) is 17.2 Å². The summed E-state index contributed by atoms with van der Waals surface area (Å²) < 4.78 is 42.8. The molecule has 0 radical (unpaired) electrons. The van der Waals surface area contributed by atoms with Gasteiger partial charge >= 0.3 is 5.97 Å². The fourth-order valence-corrected chi connectivity index (χ4v) is 5.47. The number of esters is 1. The molecular formula is C28H33ClF2N8O4S. The molecule has 0 saturated heterocycles.